The standard InChI is InChI=1S/C39H52N12O21P2/c1-20-14-25(54)49(36(20)58)5-2-23(52)41-4-7-64-9-11-66-13-12-65-10-8-63-6-3-24(53)46-32-26-33(43-17-42-32)50(18-44-26)38-31-28(55)21(69-38)15-67-73(59,60)71-30-22(16-68-74(61,62)72-31)70-37(29(30)56)51-19-45-27-34(51)47-39(40)48-35(27)57/h14,17-19,21-22,28-31,37-38,55-56H,2-13,15-16H2,1H3,(H,41,52)(H,59,60)(H,61,62)(H3,40,47,48,57)(H,42,43,46,53). The molecule has 74 heavy (non-hydrogen) atoms. The number of hydrogen-bond acceptors (Lipinski definition) is 25. The quantitative estimate of drug-likeness (QED) is 0.0239. The van der Waals surface area contributed by atoms with Crippen molar-refractivity contribution < 1.29 is 94.8 Å². The van der Waals surface area contributed by atoms with Crippen LogP contribution in [-0.4, -0.2) is 203 Å². The fourth-order valence-electron chi connectivity index (χ4n) is 7.90. The lowest BCUT2D eigenvalue weighted by molar-refractivity contribution is -0.137. The number of H-pyrrole nitrogens is 1. The molecule has 10 unspecified atom stereocenters. The van der Waals surface area contributed by atoms with E-state index in [9.17, 15) is 53.1 Å². The van der Waals surface area contributed by atoms with Crippen molar-refractivity contribution in [1.82, 2.24) is 49.3 Å². The van der Waals surface area contributed by atoms with Gasteiger partial charge >= 0.3 is 15.6 Å². The van der Waals surface area contributed by atoms with E-state index >= 15 is 0 Å². The topological polar surface area (TPSA) is 436 Å². The van der Waals surface area contributed by atoms with Gasteiger partial charge in [0.1, 0.15) is 43.0 Å². The van der Waals surface area contributed by atoms with Crippen molar-refractivity contribution in [2.75, 3.05) is 90.2 Å². The van der Waals surface area contributed by atoms with Crippen molar-refractivity contribution in [3.8, 4) is 0 Å². The monoisotopic (exact) mass is 1090 g/mol. The molecule has 0 saturated carbocycles. The highest BCUT2D eigenvalue weighted by atomic mass is 31.2. The highest BCUT2D eigenvalue weighted by Crippen LogP contribution is 2.54. The molecule has 0 spiro atoms. The summed E-state index contributed by atoms with van der Waals surface area (Å²) >= 11 is 0. The number of amides is 4. The van der Waals surface area contributed by atoms with E-state index in [2.05, 4.69) is 40.5 Å². The first-order valence-corrected chi connectivity index (χ1v) is 25.7. The van der Waals surface area contributed by atoms with Crippen molar-refractivity contribution >= 4 is 73.4 Å². The number of carbonyl (C=O) groups is 4. The molecule has 4 aromatic heterocycles. The summed E-state index contributed by atoms with van der Waals surface area (Å²) < 4.78 is 84.0. The van der Waals surface area contributed by atoms with E-state index < -0.39 is 101 Å². The molecule has 3 fully saturated rings. The fourth-order valence-corrected chi connectivity index (χ4v) is 9.80. The maximum atomic E-state index is 13.5. The van der Waals surface area contributed by atoms with Gasteiger partial charge < -0.3 is 64.8 Å². The van der Waals surface area contributed by atoms with Gasteiger partial charge in [0, 0.05) is 31.2 Å². The fraction of sp³-hybridized carbons (Fsp3) is 0.590. The zero-order valence-electron chi connectivity index (χ0n) is 39.1. The van der Waals surface area contributed by atoms with Gasteiger partial charge in [-0.2, -0.15) is 4.98 Å². The highest BCUT2D eigenvalue weighted by molar-refractivity contribution is 7.47. The third-order valence-electron chi connectivity index (χ3n) is 11.5. The first kappa shape index (κ1) is 54.7. The lowest BCUT2D eigenvalue weighted by Gasteiger charge is -2.25. The van der Waals surface area contributed by atoms with E-state index in [1.54, 1.807) is 6.92 Å². The summed E-state index contributed by atoms with van der Waals surface area (Å²) in [4.78, 5) is 107. The minimum absolute atomic E-state index is 0.00155. The molecule has 35 heteroatoms. The number of imide groups is 1. The first-order valence-electron chi connectivity index (χ1n) is 22.7. The summed E-state index contributed by atoms with van der Waals surface area (Å²) in [6.45, 7) is 1.74. The number of nitrogen functional groups attached to an aromatic ring is 1. The van der Waals surface area contributed by atoms with Crippen LogP contribution in [0.25, 0.3) is 22.3 Å². The normalized spacial score (nSPS) is 28.5. The molecule has 4 aliphatic heterocycles. The molecule has 4 aliphatic rings. The molecule has 9 N–H and O–H groups in total. The summed E-state index contributed by atoms with van der Waals surface area (Å²) in [6.07, 6.45) is -8.95. The largest absolute Gasteiger partial charge is 0.472 e. The summed E-state index contributed by atoms with van der Waals surface area (Å²) in [6, 6.07) is 0. The van der Waals surface area contributed by atoms with Crippen LogP contribution in [0.5, 0.6) is 0 Å². The summed E-state index contributed by atoms with van der Waals surface area (Å²) in [5.41, 5.74) is 5.00. The number of ether oxygens (including phenoxy) is 6. The maximum absolute atomic E-state index is 13.5. The third kappa shape index (κ3) is 13.1. The minimum Gasteiger partial charge on any atom is -0.387 e. The molecule has 0 aromatic carbocycles. The molecule has 3 saturated heterocycles. The van der Waals surface area contributed by atoms with Gasteiger partial charge in [-0.1, -0.05) is 0 Å². The van der Waals surface area contributed by atoms with E-state index in [0.29, 0.717) is 5.57 Å². The molecular formula is C39H52N12O21P2. The van der Waals surface area contributed by atoms with E-state index in [0.717, 1.165) is 28.4 Å². The minimum atomic E-state index is -5.23. The molecule has 404 valence electrons. The van der Waals surface area contributed by atoms with Crippen LogP contribution < -0.4 is 21.9 Å². The number of nitrogens with zero attached hydrogens (tertiary/aromatic N) is 8. The van der Waals surface area contributed by atoms with Gasteiger partial charge in [-0.05, 0) is 6.92 Å². The average molecular weight is 1090 g/mol. The number of fused-ring (bicyclic) bond motifs is 5. The van der Waals surface area contributed by atoms with Crippen molar-refractivity contribution in [3.05, 3.63) is 41.0 Å². The van der Waals surface area contributed by atoms with E-state index in [1.165, 1.54) is 10.6 Å². The number of nitrogens with two attached hydrogens (primary N) is 1. The zero-order chi connectivity index (χ0) is 52.7. The summed E-state index contributed by atoms with van der Waals surface area (Å²) in [5, 5.41) is 27.9. The van der Waals surface area contributed by atoms with E-state index in [1.807, 2.05) is 0 Å². The van der Waals surface area contributed by atoms with E-state index in [4.69, 9.17) is 52.2 Å². The second-order valence-corrected chi connectivity index (χ2v) is 19.4. The average Bonchev–Trinajstić information content (AvgIpc) is 4.16. The molecule has 0 radical (unpaired) electrons. The Bertz CT molecular complexity index is 2880. The smallest absolute Gasteiger partial charge is 0.387 e. The molecule has 0 aliphatic carbocycles. The SMILES string of the molecule is CC1=CC(=O)N(CCC(=O)NCCOCCOCCOCCOCCC(=O)Nc2ncnc3c2ncn3C2OC3COP(=O)(O)OC4C(COP(=O)(O)OC2C3O)OC(n2cnc3c(=O)[nH]c(N)nc32)C4O)C1=O. The van der Waals surface area contributed by atoms with Crippen molar-refractivity contribution in [3.63, 3.8) is 0 Å². The van der Waals surface area contributed by atoms with Gasteiger partial charge in [0.05, 0.1) is 85.1 Å². The second kappa shape index (κ2) is 24.0. The van der Waals surface area contributed by atoms with Crippen LogP contribution in [0.1, 0.15) is 32.2 Å². The Morgan fingerprint density at radius 3 is 2.05 bits per heavy atom. The number of hydrogen-bond donors (Lipinski definition) is 8. The number of aliphatic hydroxyl groups is 2. The van der Waals surface area contributed by atoms with Crippen LogP contribution in [-0.2, 0) is 74.8 Å². The van der Waals surface area contributed by atoms with Crippen LogP contribution in [0.15, 0.2) is 35.4 Å². The number of carbonyl (C=O) groups excluding carboxylic acids is 4. The summed E-state index contributed by atoms with van der Waals surface area (Å²) in [5.74, 6) is -1.99. The van der Waals surface area contributed by atoms with Crippen molar-refractivity contribution in [2.45, 2.75) is 68.8 Å². The maximum Gasteiger partial charge on any atom is 0.472 e. The number of aromatic nitrogens is 8. The summed E-state index contributed by atoms with van der Waals surface area (Å²) in [7, 11) is -10.4. The number of rotatable bonds is 21. The van der Waals surface area contributed by atoms with Crippen LogP contribution in [0.4, 0.5) is 11.8 Å². The second-order valence-electron chi connectivity index (χ2n) is 16.6. The van der Waals surface area contributed by atoms with Crippen LogP contribution in [0.3, 0.4) is 0 Å². The Hall–Kier alpha value is -5.58. The van der Waals surface area contributed by atoms with Gasteiger partial charge in [0.2, 0.25) is 17.8 Å². The number of imidazole rings is 2. The Balaban J connectivity index is 0.761. The lowest BCUT2D eigenvalue weighted by atomic mass is 10.1. The predicted molar refractivity (Wildman–Crippen MR) is 244 cm³/mol. The molecule has 4 aromatic rings. The lowest BCUT2D eigenvalue weighted by Crippen LogP contribution is -2.36. The van der Waals surface area contributed by atoms with Crippen LogP contribution in [0, 0.1) is 0 Å². The molecule has 8 heterocycles. The molecule has 4 amide bonds. The van der Waals surface area contributed by atoms with Gasteiger partial charge in [0.15, 0.2) is 40.6 Å². The van der Waals surface area contributed by atoms with Crippen molar-refractivity contribution in [2.24, 2.45) is 0 Å². The highest BCUT2D eigenvalue weighted by Gasteiger charge is 2.54. The van der Waals surface area contributed by atoms with Crippen LogP contribution in [0.2, 0.25) is 0 Å². The number of aromatic amines is 1. The van der Waals surface area contributed by atoms with Crippen molar-refractivity contribution in [1.29, 1.82) is 0 Å². The third-order valence-corrected chi connectivity index (χ3v) is 13.4. The van der Waals surface area contributed by atoms with Gasteiger partial charge in [-0.25, -0.2) is 29.1 Å². The Morgan fingerprint density at radius 1 is 0.770 bits per heavy atom. The zero-order valence-corrected chi connectivity index (χ0v) is 40.9. The first-order chi connectivity index (χ1) is 35.4. The molecule has 10 atom stereocenters. The Kier molecular flexibility index (Phi) is 17.7. The van der Waals surface area contributed by atoms with Gasteiger partial charge in [-0.15, -0.1) is 0 Å². The number of phosphoric ester groups is 2. The number of nitrogens with one attached hydrogen (secondary N) is 3. The molecular weight excluding hydrogens is 1030 g/mol. The Labute approximate surface area is 416 Å². The molecule has 2 bridgehead atoms. The van der Waals surface area contributed by atoms with E-state index in [-0.39, 0.29) is 119 Å². The number of aliphatic hydroxyl groups excluding tert-OH is 2. The van der Waals surface area contributed by atoms with Crippen LogP contribution >= 0.6 is 15.6 Å². The van der Waals surface area contributed by atoms with Gasteiger partial charge in [-0.3, -0.25) is 61.1 Å². The predicted octanol–water partition coefficient (Wildman–Crippen LogP) is -2.71. The number of anilines is 2. The molecule has 8 rings (SSSR count). The molecule has 33 nitrogen and oxygen atoms in total. The van der Waals surface area contributed by atoms with Gasteiger partial charge in [0.25, 0.3) is 17.4 Å². The number of phosphoric acid groups is 2. The Morgan fingerprint density at radius 2 is 1.38 bits per heavy atom.